The zero-order chi connectivity index (χ0) is 16.7. The fourth-order valence-corrected chi connectivity index (χ4v) is 2.21. The third kappa shape index (κ3) is 5.54. The maximum absolute atomic E-state index is 5.86. The van der Waals surface area contributed by atoms with Crippen molar-refractivity contribution in [2.75, 3.05) is 25.6 Å². The molecule has 0 saturated carbocycles. The number of aryl methyl sites for hydroxylation is 2. The SMILES string of the molecule is COc1ccc(NC(N)=NCCOc2cc(C)cc(C)c2)cc1. The summed E-state index contributed by atoms with van der Waals surface area (Å²) in [6.45, 7) is 5.07. The number of hydrogen-bond donors (Lipinski definition) is 2. The van der Waals surface area contributed by atoms with E-state index in [-0.39, 0.29) is 0 Å². The Morgan fingerprint density at radius 3 is 2.30 bits per heavy atom. The molecule has 5 heteroatoms. The van der Waals surface area contributed by atoms with Crippen LogP contribution in [0.2, 0.25) is 0 Å². The average Bonchev–Trinajstić information content (AvgIpc) is 2.51. The molecule has 5 nitrogen and oxygen atoms in total. The van der Waals surface area contributed by atoms with Gasteiger partial charge in [0.05, 0.1) is 13.7 Å². The molecular formula is C18H23N3O2. The van der Waals surface area contributed by atoms with Gasteiger partial charge in [0, 0.05) is 5.69 Å². The zero-order valence-electron chi connectivity index (χ0n) is 13.8. The minimum absolute atomic E-state index is 0.360. The van der Waals surface area contributed by atoms with E-state index in [0.29, 0.717) is 19.1 Å². The predicted octanol–water partition coefficient (Wildman–Crippen LogP) is 3.12. The summed E-state index contributed by atoms with van der Waals surface area (Å²) in [4.78, 5) is 4.25. The van der Waals surface area contributed by atoms with E-state index in [2.05, 4.69) is 30.2 Å². The molecule has 0 saturated heterocycles. The molecule has 0 heterocycles. The number of hydrogen-bond acceptors (Lipinski definition) is 3. The van der Waals surface area contributed by atoms with Gasteiger partial charge in [-0.1, -0.05) is 6.07 Å². The van der Waals surface area contributed by atoms with Crippen LogP contribution in [0.1, 0.15) is 11.1 Å². The molecule has 2 aromatic carbocycles. The van der Waals surface area contributed by atoms with Crippen LogP contribution in [-0.4, -0.2) is 26.2 Å². The Bertz CT molecular complexity index is 646. The summed E-state index contributed by atoms with van der Waals surface area (Å²) in [5, 5.41) is 3.03. The van der Waals surface area contributed by atoms with E-state index in [1.54, 1.807) is 7.11 Å². The molecule has 0 unspecified atom stereocenters. The minimum atomic E-state index is 0.360. The Labute approximate surface area is 137 Å². The van der Waals surface area contributed by atoms with E-state index < -0.39 is 0 Å². The molecule has 0 bridgehead atoms. The Morgan fingerprint density at radius 1 is 1.04 bits per heavy atom. The van der Waals surface area contributed by atoms with Gasteiger partial charge in [0.25, 0.3) is 0 Å². The van der Waals surface area contributed by atoms with Crippen molar-refractivity contribution in [2.24, 2.45) is 10.7 Å². The Kier molecular flexibility index (Phi) is 5.86. The lowest BCUT2D eigenvalue weighted by Crippen LogP contribution is -2.23. The van der Waals surface area contributed by atoms with Crippen molar-refractivity contribution >= 4 is 11.6 Å². The molecule has 2 aromatic rings. The van der Waals surface area contributed by atoms with Gasteiger partial charge in [-0.15, -0.1) is 0 Å². The monoisotopic (exact) mass is 313 g/mol. The number of benzene rings is 2. The van der Waals surface area contributed by atoms with E-state index in [1.165, 1.54) is 11.1 Å². The van der Waals surface area contributed by atoms with E-state index in [1.807, 2.05) is 36.4 Å². The molecule has 0 aliphatic heterocycles. The third-order valence-electron chi connectivity index (χ3n) is 3.20. The van der Waals surface area contributed by atoms with Gasteiger partial charge >= 0.3 is 0 Å². The molecular weight excluding hydrogens is 290 g/mol. The normalized spacial score (nSPS) is 11.2. The molecule has 0 amide bonds. The number of anilines is 1. The number of nitrogens with two attached hydrogens (primary N) is 1. The molecule has 23 heavy (non-hydrogen) atoms. The second-order valence-electron chi connectivity index (χ2n) is 5.29. The molecule has 0 spiro atoms. The lowest BCUT2D eigenvalue weighted by atomic mass is 10.1. The summed E-state index contributed by atoms with van der Waals surface area (Å²) in [6.07, 6.45) is 0. The van der Waals surface area contributed by atoms with E-state index in [9.17, 15) is 0 Å². The summed E-state index contributed by atoms with van der Waals surface area (Å²) < 4.78 is 10.8. The van der Waals surface area contributed by atoms with Crippen LogP contribution >= 0.6 is 0 Å². The van der Waals surface area contributed by atoms with Gasteiger partial charge in [0.1, 0.15) is 18.1 Å². The van der Waals surface area contributed by atoms with Crippen molar-refractivity contribution in [3.05, 3.63) is 53.6 Å². The molecule has 0 atom stereocenters. The van der Waals surface area contributed by atoms with Gasteiger partial charge in [-0.25, -0.2) is 4.99 Å². The third-order valence-corrected chi connectivity index (χ3v) is 3.20. The van der Waals surface area contributed by atoms with Crippen LogP contribution < -0.4 is 20.5 Å². The molecule has 3 N–H and O–H groups in total. The largest absolute Gasteiger partial charge is 0.497 e. The number of aliphatic imine (C=N–C) groups is 1. The minimum Gasteiger partial charge on any atom is -0.497 e. The summed E-state index contributed by atoms with van der Waals surface area (Å²) >= 11 is 0. The fourth-order valence-electron chi connectivity index (χ4n) is 2.21. The maximum atomic E-state index is 5.86. The number of rotatable bonds is 6. The zero-order valence-corrected chi connectivity index (χ0v) is 13.8. The van der Waals surface area contributed by atoms with Gasteiger partial charge in [0.2, 0.25) is 0 Å². The first-order valence-corrected chi connectivity index (χ1v) is 7.49. The van der Waals surface area contributed by atoms with E-state index >= 15 is 0 Å². The van der Waals surface area contributed by atoms with Crippen LogP contribution in [0.5, 0.6) is 11.5 Å². The van der Waals surface area contributed by atoms with Gasteiger partial charge in [-0.05, 0) is 61.4 Å². The standard InChI is InChI=1S/C18H23N3O2/c1-13-10-14(2)12-17(11-13)23-9-8-20-18(19)21-15-4-6-16(22-3)7-5-15/h4-7,10-12H,8-9H2,1-3H3,(H3,19,20,21). The second kappa shape index (κ2) is 8.08. The molecule has 2 rings (SSSR count). The summed E-state index contributed by atoms with van der Waals surface area (Å²) in [7, 11) is 1.63. The molecule has 0 aliphatic carbocycles. The molecule has 0 aliphatic rings. The average molecular weight is 313 g/mol. The van der Waals surface area contributed by atoms with E-state index in [4.69, 9.17) is 15.2 Å². The van der Waals surface area contributed by atoms with Crippen molar-refractivity contribution in [1.29, 1.82) is 0 Å². The predicted molar refractivity (Wildman–Crippen MR) is 94.5 cm³/mol. The summed E-state index contributed by atoms with van der Waals surface area (Å²) in [5.74, 6) is 2.02. The topological polar surface area (TPSA) is 68.9 Å². The Balaban J connectivity index is 1.80. The molecule has 0 aromatic heterocycles. The highest BCUT2D eigenvalue weighted by Gasteiger charge is 1.98. The number of guanidine groups is 1. The number of methoxy groups -OCH3 is 1. The molecule has 0 radical (unpaired) electrons. The lowest BCUT2D eigenvalue weighted by Gasteiger charge is -2.08. The number of nitrogens with one attached hydrogen (secondary N) is 1. The Morgan fingerprint density at radius 2 is 1.70 bits per heavy atom. The highest BCUT2D eigenvalue weighted by atomic mass is 16.5. The van der Waals surface area contributed by atoms with Crippen molar-refractivity contribution in [1.82, 2.24) is 0 Å². The van der Waals surface area contributed by atoms with Gasteiger partial charge in [0.15, 0.2) is 5.96 Å². The molecule has 0 fully saturated rings. The van der Waals surface area contributed by atoms with Crippen molar-refractivity contribution < 1.29 is 9.47 Å². The quantitative estimate of drug-likeness (QED) is 0.488. The highest BCUT2D eigenvalue weighted by molar-refractivity contribution is 5.92. The van der Waals surface area contributed by atoms with Gasteiger partial charge in [-0.3, -0.25) is 0 Å². The lowest BCUT2D eigenvalue weighted by molar-refractivity contribution is 0.328. The number of ether oxygens (including phenoxy) is 2. The van der Waals surface area contributed by atoms with Crippen LogP contribution in [0.3, 0.4) is 0 Å². The van der Waals surface area contributed by atoms with Gasteiger partial charge < -0.3 is 20.5 Å². The van der Waals surface area contributed by atoms with Crippen LogP contribution in [0, 0.1) is 13.8 Å². The van der Waals surface area contributed by atoms with Crippen molar-refractivity contribution in [3.63, 3.8) is 0 Å². The maximum Gasteiger partial charge on any atom is 0.193 e. The number of nitrogens with zero attached hydrogens (tertiary/aromatic N) is 1. The van der Waals surface area contributed by atoms with Crippen molar-refractivity contribution in [3.8, 4) is 11.5 Å². The smallest absolute Gasteiger partial charge is 0.193 e. The van der Waals surface area contributed by atoms with Crippen LogP contribution in [-0.2, 0) is 0 Å². The van der Waals surface area contributed by atoms with Crippen molar-refractivity contribution in [2.45, 2.75) is 13.8 Å². The first kappa shape index (κ1) is 16.7. The second-order valence-corrected chi connectivity index (χ2v) is 5.29. The first-order chi connectivity index (χ1) is 11.1. The fraction of sp³-hybridized carbons (Fsp3) is 0.278. The van der Waals surface area contributed by atoms with Crippen LogP contribution in [0.4, 0.5) is 5.69 Å². The van der Waals surface area contributed by atoms with Crippen LogP contribution in [0.15, 0.2) is 47.5 Å². The first-order valence-electron chi connectivity index (χ1n) is 7.49. The molecule has 122 valence electrons. The van der Waals surface area contributed by atoms with Crippen LogP contribution in [0.25, 0.3) is 0 Å². The van der Waals surface area contributed by atoms with Gasteiger partial charge in [-0.2, -0.15) is 0 Å². The summed E-state index contributed by atoms with van der Waals surface area (Å²) in [6, 6.07) is 13.6. The summed E-state index contributed by atoms with van der Waals surface area (Å²) in [5.41, 5.74) is 9.09. The van der Waals surface area contributed by atoms with E-state index in [0.717, 1.165) is 17.2 Å². The highest BCUT2D eigenvalue weighted by Crippen LogP contribution is 2.16. The Hall–Kier alpha value is -2.69.